The van der Waals surface area contributed by atoms with E-state index in [1.54, 1.807) is 6.07 Å². The Kier molecular flexibility index (Phi) is 3.93. The number of halogens is 3. The number of nitrogens with two attached hydrogens (primary N) is 1. The number of benzene rings is 2. The van der Waals surface area contributed by atoms with E-state index in [1.807, 2.05) is 0 Å². The van der Waals surface area contributed by atoms with Gasteiger partial charge in [0.25, 0.3) is 5.91 Å². The Labute approximate surface area is 119 Å². The van der Waals surface area contributed by atoms with Crippen molar-refractivity contribution in [1.29, 1.82) is 0 Å². The van der Waals surface area contributed by atoms with Crippen LogP contribution in [0.2, 0.25) is 10.0 Å². The molecule has 0 fully saturated rings. The zero-order valence-corrected chi connectivity index (χ0v) is 11.1. The Hall–Kier alpha value is -1.78. The summed E-state index contributed by atoms with van der Waals surface area (Å²) < 4.78 is 13.2. The highest BCUT2D eigenvalue weighted by molar-refractivity contribution is 6.34. The molecule has 1 amide bonds. The Morgan fingerprint density at radius 3 is 2.47 bits per heavy atom. The highest BCUT2D eigenvalue weighted by Crippen LogP contribution is 2.22. The highest BCUT2D eigenvalue weighted by atomic mass is 35.5. The Bertz CT molecular complexity index is 647. The Balaban J connectivity index is 2.25. The van der Waals surface area contributed by atoms with Gasteiger partial charge in [0.1, 0.15) is 5.82 Å². The minimum atomic E-state index is -0.613. The number of nitrogens with one attached hydrogen (secondary N) is 1. The average Bonchev–Trinajstić information content (AvgIpc) is 2.36. The number of anilines is 2. The first kappa shape index (κ1) is 13.6. The number of rotatable bonds is 2. The summed E-state index contributed by atoms with van der Waals surface area (Å²) >= 11 is 11.5. The van der Waals surface area contributed by atoms with Crippen molar-refractivity contribution in [3.63, 3.8) is 0 Å². The van der Waals surface area contributed by atoms with Crippen molar-refractivity contribution in [3.8, 4) is 0 Å². The van der Waals surface area contributed by atoms with Crippen LogP contribution >= 0.6 is 23.2 Å². The number of amides is 1. The molecule has 6 heteroatoms. The Morgan fingerprint density at radius 2 is 1.79 bits per heavy atom. The van der Waals surface area contributed by atoms with E-state index in [0.717, 1.165) is 6.07 Å². The predicted octanol–water partition coefficient (Wildman–Crippen LogP) is 3.97. The molecule has 2 aromatic carbocycles. The summed E-state index contributed by atoms with van der Waals surface area (Å²) in [6.45, 7) is 0. The maximum absolute atomic E-state index is 13.2. The summed E-state index contributed by atoms with van der Waals surface area (Å²) in [5.74, 6) is -1.09. The van der Waals surface area contributed by atoms with Crippen LogP contribution in [0, 0.1) is 5.82 Å². The minimum Gasteiger partial charge on any atom is -0.399 e. The molecule has 0 unspecified atom stereocenters. The van der Waals surface area contributed by atoms with Crippen molar-refractivity contribution in [1.82, 2.24) is 0 Å². The van der Waals surface area contributed by atoms with Gasteiger partial charge in [-0.3, -0.25) is 4.79 Å². The first-order valence-electron chi connectivity index (χ1n) is 5.29. The summed E-state index contributed by atoms with van der Waals surface area (Å²) in [5.41, 5.74) is 6.50. The van der Waals surface area contributed by atoms with E-state index < -0.39 is 11.7 Å². The van der Waals surface area contributed by atoms with Crippen molar-refractivity contribution in [2.45, 2.75) is 0 Å². The SMILES string of the molecule is Nc1ccc(Cl)c(C(=O)Nc2ccc(Cl)c(F)c2)c1. The van der Waals surface area contributed by atoms with Gasteiger partial charge in [-0.1, -0.05) is 23.2 Å². The molecule has 0 spiro atoms. The van der Waals surface area contributed by atoms with Crippen molar-refractivity contribution >= 4 is 40.5 Å². The van der Waals surface area contributed by atoms with E-state index >= 15 is 0 Å². The number of hydrogen-bond donors (Lipinski definition) is 2. The lowest BCUT2D eigenvalue weighted by Crippen LogP contribution is -2.13. The third-order valence-corrected chi connectivity index (χ3v) is 3.05. The lowest BCUT2D eigenvalue weighted by Gasteiger charge is -2.08. The van der Waals surface area contributed by atoms with E-state index in [9.17, 15) is 9.18 Å². The van der Waals surface area contributed by atoms with Crippen LogP contribution in [0.4, 0.5) is 15.8 Å². The summed E-state index contributed by atoms with van der Waals surface area (Å²) in [5, 5.41) is 2.77. The second kappa shape index (κ2) is 5.47. The molecule has 19 heavy (non-hydrogen) atoms. The van der Waals surface area contributed by atoms with Crippen molar-refractivity contribution in [2.24, 2.45) is 0 Å². The number of carbonyl (C=O) groups excluding carboxylic acids is 1. The van der Waals surface area contributed by atoms with Crippen LogP contribution in [0.5, 0.6) is 0 Å². The van der Waals surface area contributed by atoms with E-state index in [-0.39, 0.29) is 21.3 Å². The van der Waals surface area contributed by atoms with Gasteiger partial charge < -0.3 is 11.1 Å². The fourth-order valence-corrected chi connectivity index (χ4v) is 1.81. The van der Waals surface area contributed by atoms with Crippen LogP contribution in [0.15, 0.2) is 36.4 Å². The number of nitrogen functional groups attached to an aromatic ring is 1. The van der Waals surface area contributed by atoms with Crippen LogP contribution in [0.25, 0.3) is 0 Å². The highest BCUT2D eigenvalue weighted by Gasteiger charge is 2.12. The predicted molar refractivity (Wildman–Crippen MR) is 75.2 cm³/mol. The molecule has 0 saturated heterocycles. The monoisotopic (exact) mass is 298 g/mol. The largest absolute Gasteiger partial charge is 0.399 e. The van der Waals surface area contributed by atoms with Gasteiger partial charge in [0, 0.05) is 11.4 Å². The molecule has 0 aliphatic heterocycles. The molecule has 3 nitrogen and oxygen atoms in total. The summed E-state index contributed by atoms with van der Waals surface area (Å²) in [6, 6.07) is 8.52. The maximum Gasteiger partial charge on any atom is 0.257 e. The minimum absolute atomic E-state index is 0.0139. The quantitative estimate of drug-likeness (QED) is 0.824. The molecular weight excluding hydrogens is 290 g/mol. The van der Waals surface area contributed by atoms with Gasteiger partial charge in [-0.2, -0.15) is 0 Å². The molecule has 0 aliphatic carbocycles. The fraction of sp³-hybridized carbons (Fsp3) is 0. The number of hydrogen-bond acceptors (Lipinski definition) is 2. The van der Waals surface area contributed by atoms with Crippen LogP contribution in [0.3, 0.4) is 0 Å². The van der Waals surface area contributed by atoms with E-state index in [4.69, 9.17) is 28.9 Å². The molecule has 0 bridgehead atoms. The van der Waals surface area contributed by atoms with Gasteiger partial charge in [0.2, 0.25) is 0 Å². The molecule has 0 aliphatic rings. The second-order valence-corrected chi connectivity index (χ2v) is 4.64. The van der Waals surface area contributed by atoms with Crippen molar-refractivity contribution < 1.29 is 9.18 Å². The van der Waals surface area contributed by atoms with Crippen molar-refractivity contribution in [3.05, 3.63) is 57.8 Å². The van der Waals surface area contributed by atoms with Crippen LogP contribution in [-0.4, -0.2) is 5.91 Å². The van der Waals surface area contributed by atoms with E-state index in [1.165, 1.54) is 24.3 Å². The topological polar surface area (TPSA) is 55.1 Å². The Morgan fingerprint density at radius 1 is 1.11 bits per heavy atom. The van der Waals surface area contributed by atoms with Gasteiger partial charge in [-0.25, -0.2) is 4.39 Å². The van der Waals surface area contributed by atoms with Gasteiger partial charge in [-0.15, -0.1) is 0 Å². The van der Waals surface area contributed by atoms with E-state index in [0.29, 0.717) is 5.69 Å². The van der Waals surface area contributed by atoms with Gasteiger partial charge in [0.15, 0.2) is 0 Å². The zero-order valence-electron chi connectivity index (χ0n) is 9.58. The molecule has 98 valence electrons. The first-order valence-corrected chi connectivity index (χ1v) is 6.04. The molecule has 0 heterocycles. The van der Waals surface area contributed by atoms with Gasteiger partial charge in [-0.05, 0) is 36.4 Å². The van der Waals surface area contributed by atoms with Crippen LogP contribution in [0.1, 0.15) is 10.4 Å². The zero-order chi connectivity index (χ0) is 14.0. The molecule has 2 rings (SSSR count). The lowest BCUT2D eigenvalue weighted by atomic mass is 10.2. The normalized spacial score (nSPS) is 10.3. The second-order valence-electron chi connectivity index (χ2n) is 3.82. The van der Waals surface area contributed by atoms with Gasteiger partial charge in [0.05, 0.1) is 15.6 Å². The molecule has 0 aromatic heterocycles. The van der Waals surface area contributed by atoms with Gasteiger partial charge >= 0.3 is 0 Å². The first-order chi connectivity index (χ1) is 8.97. The fourth-order valence-electron chi connectivity index (χ4n) is 1.49. The standard InChI is InChI=1S/C13H9Cl2FN2O/c14-10-3-1-7(17)5-9(10)13(19)18-8-2-4-11(15)12(16)6-8/h1-6H,17H2,(H,18,19). The third-order valence-electron chi connectivity index (χ3n) is 2.41. The molecule has 3 N–H and O–H groups in total. The van der Waals surface area contributed by atoms with Crippen LogP contribution in [-0.2, 0) is 0 Å². The lowest BCUT2D eigenvalue weighted by molar-refractivity contribution is 0.102. The molecule has 0 atom stereocenters. The maximum atomic E-state index is 13.2. The molecule has 0 radical (unpaired) electrons. The smallest absolute Gasteiger partial charge is 0.257 e. The number of carbonyl (C=O) groups is 1. The average molecular weight is 299 g/mol. The molecule has 2 aromatic rings. The summed E-state index contributed by atoms with van der Waals surface area (Å²) in [6.07, 6.45) is 0. The van der Waals surface area contributed by atoms with E-state index in [2.05, 4.69) is 5.32 Å². The molecular formula is C13H9Cl2FN2O. The van der Waals surface area contributed by atoms with Crippen LogP contribution < -0.4 is 11.1 Å². The summed E-state index contributed by atoms with van der Waals surface area (Å²) in [4.78, 5) is 12.0. The summed E-state index contributed by atoms with van der Waals surface area (Å²) in [7, 11) is 0. The van der Waals surface area contributed by atoms with Crippen molar-refractivity contribution in [2.75, 3.05) is 11.1 Å². The molecule has 0 saturated carbocycles. The third kappa shape index (κ3) is 3.16.